The Kier molecular flexibility index (Phi) is 7.96. The van der Waals surface area contributed by atoms with E-state index in [4.69, 9.17) is 19.4 Å². The molecule has 0 aromatic carbocycles. The van der Waals surface area contributed by atoms with E-state index in [1.165, 1.54) is 10.5 Å². The molecule has 0 aliphatic rings. The molecule has 0 spiro atoms. The summed E-state index contributed by atoms with van der Waals surface area (Å²) in [6.45, 7) is 2.56. The smallest absolute Gasteiger partial charge is 0.0800 e. The van der Waals surface area contributed by atoms with Crippen LogP contribution in [0.4, 0.5) is 0 Å². The zero-order valence-corrected chi connectivity index (χ0v) is 9.52. The summed E-state index contributed by atoms with van der Waals surface area (Å²) >= 11 is 0. The number of nitrogens with zero attached hydrogens (tertiary/aromatic N) is 2. The van der Waals surface area contributed by atoms with E-state index in [2.05, 4.69) is 0 Å². The van der Waals surface area contributed by atoms with Crippen molar-refractivity contribution in [3.05, 3.63) is 0 Å². The second-order valence-corrected chi connectivity index (χ2v) is 2.59. The molecule has 14 heavy (non-hydrogen) atoms. The van der Waals surface area contributed by atoms with Crippen LogP contribution >= 0.6 is 0 Å². The molecular formula is C8H20N2O4. The van der Waals surface area contributed by atoms with Crippen LogP contribution in [0.15, 0.2) is 0 Å². The van der Waals surface area contributed by atoms with Crippen LogP contribution in [-0.4, -0.2) is 51.5 Å². The second-order valence-electron chi connectivity index (χ2n) is 2.59. The van der Waals surface area contributed by atoms with Gasteiger partial charge in [-0.15, -0.1) is 0 Å². The van der Waals surface area contributed by atoms with Crippen molar-refractivity contribution in [2.75, 3.05) is 35.0 Å². The van der Waals surface area contributed by atoms with Gasteiger partial charge in [-0.05, 0) is 6.42 Å². The maximum Gasteiger partial charge on any atom is 0.0800 e. The molecule has 0 aliphatic heterocycles. The highest BCUT2D eigenvalue weighted by atomic mass is 17.0. The third-order valence-electron chi connectivity index (χ3n) is 1.90. The van der Waals surface area contributed by atoms with Crippen LogP contribution in [0.5, 0.6) is 0 Å². The molecule has 86 valence electrons. The molecule has 1 atom stereocenters. The van der Waals surface area contributed by atoms with E-state index in [1.54, 1.807) is 28.4 Å². The SMILES string of the molecule is CCC(CN(OC)OC)N(OC)OC. The minimum Gasteiger partial charge on any atom is -0.278 e. The van der Waals surface area contributed by atoms with Crippen molar-refractivity contribution in [1.82, 2.24) is 10.5 Å². The van der Waals surface area contributed by atoms with Gasteiger partial charge in [0.2, 0.25) is 0 Å². The molecule has 1 unspecified atom stereocenters. The van der Waals surface area contributed by atoms with Crippen LogP contribution < -0.4 is 0 Å². The van der Waals surface area contributed by atoms with Crippen LogP contribution in [-0.2, 0) is 19.4 Å². The van der Waals surface area contributed by atoms with Crippen LogP contribution in [0.25, 0.3) is 0 Å². The lowest BCUT2D eigenvalue weighted by atomic mass is 10.2. The van der Waals surface area contributed by atoms with Crippen LogP contribution in [0.3, 0.4) is 0 Å². The van der Waals surface area contributed by atoms with Gasteiger partial charge in [0.15, 0.2) is 0 Å². The Morgan fingerprint density at radius 1 is 0.929 bits per heavy atom. The van der Waals surface area contributed by atoms with Gasteiger partial charge in [-0.1, -0.05) is 17.4 Å². The Hall–Kier alpha value is -0.240. The van der Waals surface area contributed by atoms with Gasteiger partial charge in [0.05, 0.1) is 41.0 Å². The standard InChI is InChI=1S/C8H20N2O4/c1-6-8(10(13-4)14-5)7-9(11-2)12-3/h8H,6-7H2,1-5H3. The zero-order valence-electron chi connectivity index (χ0n) is 9.52. The monoisotopic (exact) mass is 208 g/mol. The molecule has 0 aromatic rings. The molecule has 6 heteroatoms. The van der Waals surface area contributed by atoms with Gasteiger partial charge in [0.1, 0.15) is 0 Å². The predicted octanol–water partition coefficient (Wildman–Crippen LogP) is 0.615. The van der Waals surface area contributed by atoms with E-state index in [0.29, 0.717) is 6.54 Å². The molecule has 0 rings (SSSR count). The molecule has 0 bridgehead atoms. The first-order valence-electron chi connectivity index (χ1n) is 4.46. The Morgan fingerprint density at radius 3 is 1.71 bits per heavy atom. The molecule has 0 saturated carbocycles. The van der Waals surface area contributed by atoms with Gasteiger partial charge in [-0.3, -0.25) is 19.4 Å². The molecule has 0 heterocycles. The van der Waals surface area contributed by atoms with E-state index < -0.39 is 0 Å². The van der Waals surface area contributed by atoms with Crippen molar-refractivity contribution in [1.29, 1.82) is 0 Å². The highest BCUT2D eigenvalue weighted by Crippen LogP contribution is 2.07. The summed E-state index contributed by atoms with van der Waals surface area (Å²) in [5.41, 5.74) is 0. The van der Waals surface area contributed by atoms with E-state index in [-0.39, 0.29) is 6.04 Å². The average molecular weight is 208 g/mol. The summed E-state index contributed by atoms with van der Waals surface area (Å²) < 4.78 is 0. The lowest BCUT2D eigenvalue weighted by molar-refractivity contribution is -0.397. The highest BCUT2D eigenvalue weighted by molar-refractivity contribution is 4.59. The molecule has 0 amide bonds. The van der Waals surface area contributed by atoms with Gasteiger partial charge < -0.3 is 0 Å². The van der Waals surface area contributed by atoms with Gasteiger partial charge >= 0.3 is 0 Å². The largest absolute Gasteiger partial charge is 0.278 e. The summed E-state index contributed by atoms with van der Waals surface area (Å²) in [4.78, 5) is 19.9. The topological polar surface area (TPSA) is 43.4 Å². The van der Waals surface area contributed by atoms with E-state index in [9.17, 15) is 0 Å². The van der Waals surface area contributed by atoms with Crippen molar-refractivity contribution >= 4 is 0 Å². The number of rotatable bonds is 8. The molecule has 6 nitrogen and oxygen atoms in total. The number of hydrogen-bond donors (Lipinski definition) is 0. The van der Waals surface area contributed by atoms with E-state index >= 15 is 0 Å². The fourth-order valence-electron chi connectivity index (χ4n) is 1.11. The van der Waals surface area contributed by atoms with Gasteiger partial charge in [0, 0.05) is 0 Å². The fraction of sp³-hybridized carbons (Fsp3) is 1.00. The molecule has 0 aliphatic carbocycles. The highest BCUT2D eigenvalue weighted by Gasteiger charge is 2.20. The number of hydrogen-bond acceptors (Lipinski definition) is 6. The molecule has 0 aromatic heterocycles. The first-order valence-corrected chi connectivity index (χ1v) is 4.46. The molecule has 0 N–H and O–H groups in total. The predicted molar refractivity (Wildman–Crippen MR) is 50.7 cm³/mol. The minimum absolute atomic E-state index is 0.0462. The van der Waals surface area contributed by atoms with Crippen molar-refractivity contribution in [3.63, 3.8) is 0 Å². The quantitative estimate of drug-likeness (QED) is 0.545. The maximum atomic E-state index is 5.02. The Bertz CT molecular complexity index is 129. The van der Waals surface area contributed by atoms with Crippen LogP contribution in [0.2, 0.25) is 0 Å². The molecular weight excluding hydrogens is 188 g/mol. The summed E-state index contributed by atoms with van der Waals surface area (Å²) in [5.74, 6) is 0. The fourth-order valence-corrected chi connectivity index (χ4v) is 1.11. The lowest BCUT2D eigenvalue weighted by Crippen LogP contribution is -2.42. The minimum atomic E-state index is 0.0462. The van der Waals surface area contributed by atoms with Gasteiger partial charge in [-0.25, -0.2) is 0 Å². The van der Waals surface area contributed by atoms with Gasteiger partial charge in [-0.2, -0.15) is 0 Å². The Balaban J connectivity index is 4.10. The Labute approximate surface area is 85.1 Å². The third kappa shape index (κ3) is 4.32. The Morgan fingerprint density at radius 2 is 1.43 bits per heavy atom. The average Bonchev–Trinajstić information content (AvgIpc) is 2.24. The summed E-state index contributed by atoms with van der Waals surface area (Å²) in [6, 6.07) is 0.0462. The molecule has 0 fully saturated rings. The van der Waals surface area contributed by atoms with E-state index in [1.807, 2.05) is 6.92 Å². The van der Waals surface area contributed by atoms with Crippen molar-refractivity contribution < 1.29 is 19.4 Å². The summed E-state index contributed by atoms with van der Waals surface area (Å²) in [5, 5.41) is 2.77. The third-order valence-corrected chi connectivity index (χ3v) is 1.90. The van der Waals surface area contributed by atoms with E-state index in [0.717, 1.165) is 6.42 Å². The lowest BCUT2D eigenvalue weighted by Gasteiger charge is -2.28. The van der Waals surface area contributed by atoms with Crippen molar-refractivity contribution in [2.45, 2.75) is 19.4 Å². The van der Waals surface area contributed by atoms with Crippen LogP contribution in [0, 0.1) is 0 Å². The van der Waals surface area contributed by atoms with Crippen molar-refractivity contribution in [3.8, 4) is 0 Å². The first-order chi connectivity index (χ1) is 6.73. The van der Waals surface area contributed by atoms with Gasteiger partial charge in [0.25, 0.3) is 0 Å². The number of hydroxylamine groups is 4. The first kappa shape index (κ1) is 13.8. The normalized spacial score (nSPS) is 13.9. The molecule has 0 radical (unpaired) electrons. The second kappa shape index (κ2) is 8.10. The summed E-state index contributed by atoms with van der Waals surface area (Å²) in [7, 11) is 6.19. The summed E-state index contributed by atoms with van der Waals surface area (Å²) in [6.07, 6.45) is 0.852. The maximum absolute atomic E-state index is 5.02. The van der Waals surface area contributed by atoms with Crippen LogP contribution in [0.1, 0.15) is 13.3 Å². The van der Waals surface area contributed by atoms with Crippen molar-refractivity contribution in [2.24, 2.45) is 0 Å². The zero-order chi connectivity index (χ0) is 11.0. The molecule has 0 saturated heterocycles.